The number of unbranched alkanes of at least 4 members (excludes halogenated alkanes) is 3. The first-order valence-corrected chi connectivity index (χ1v) is 11.7. The molecule has 6 heteroatoms. The highest BCUT2D eigenvalue weighted by Gasteiger charge is 2.41. The van der Waals surface area contributed by atoms with Gasteiger partial charge in [0.25, 0.3) is 0 Å². The summed E-state index contributed by atoms with van der Waals surface area (Å²) in [6.07, 6.45) is 8.28. The largest absolute Gasteiger partial charge is 0.501 e. The molecule has 0 heterocycles. The summed E-state index contributed by atoms with van der Waals surface area (Å²) in [4.78, 5) is 11.8. The number of rotatable bonds is 17. The van der Waals surface area contributed by atoms with Crippen molar-refractivity contribution in [2.24, 2.45) is 0 Å². The molecule has 0 aromatic carbocycles. The summed E-state index contributed by atoms with van der Waals surface area (Å²) in [5, 5.41) is 10.1. The van der Waals surface area contributed by atoms with Crippen molar-refractivity contribution in [3.63, 3.8) is 0 Å². The summed E-state index contributed by atoms with van der Waals surface area (Å²) >= 11 is 0. The van der Waals surface area contributed by atoms with Gasteiger partial charge in [0.05, 0.1) is 0 Å². The lowest BCUT2D eigenvalue weighted by Gasteiger charge is -2.30. The second kappa shape index (κ2) is 15.7. The van der Waals surface area contributed by atoms with E-state index in [2.05, 4.69) is 20.8 Å². The van der Waals surface area contributed by atoms with Crippen molar-refractivity contribution in [1.82, 2.24) is 0 Å². The average Bonchev–Trinajstić information content (AvgIpc) is 2.60. The summed E-state index contributed by atoms with van der Waals surface area (Å²) in [5.41, 5.74) is 0. The minimum absolute atomic E-state index is 0.277. The van der Waals surface area contributed by atoms with Gasteiger partial charge in [-0.15, -0.1) is 0 Å². The summed E-state index contributed by atoms with van der Waals surface area (Å²) < 4.78 is 18.3. The molecule has 0 aromatic rings. The Morgan fingerprint density at radius 1 is 0.960 bits per heavy atom. The highest BCUT2D eigenvalue weighted by molar-refractivity contribution is 6.60. The van der Waals surface area contributed by atoms with E-state index < -0.39 is 14.9 Å². The fourth-order valence-corrected chi connectivity index (χ4v) is 4.86. The van der Waals surface area contributed by atoms with E-state index in [0.717, 1.165) is 38.5 Å². The van der Waals surface area contributed by atoms with Gasteiger partial charge in [0.2, 0.25) is 0 Å². The van der Waals surface area contributed by atoms with Crippen LogP contribution in [0.2, 0.25) is 6.04 Å². The van der Waals surface area contributed by atoms with Crippen molar-refractivity contribution >= 4 is 14.6 Å². The maximum absolute atomic E-state index is 11.8. The van der Waals surface area contributed by atoms with Gasteiger partial charge in [-0.2, -0.15) is 0 Å². The number of hydrogen-bond acceptors (Lipinski definition) is 5. The van der Waals surface area contributed by atoms with Gasteiger partial charge < -0.3 is 18.4 Å². The molecule has 0 amide bonds. The van der Waals surface area contributed by atoms with Gasteiger partial charge in [-0.25, -0.2) is 0 Å². The minimum atomic E-state index is -2.88. The third-order valence-electron chi connectivity index (χ3n) is 3.84. The first-order valence-electron chi connectivity index (χ1n) is 9.81. The zero-order valence-corrected chi connectivity index (χ0v) is 17.6. The van der Waals surface area contributed by atoms with Gasteiger partial charge in [-0.05, 0) is 38.7 Å². The maximum Gasteiger partial charge on any atom is 0.501 e. The molecule has 0 spiro atoms. The normalized spacial score (nSPS) is 13.5. The van der Waals surface area contributed by atoms with Crippen molar-refractivity contribution in [3.8, 4) is 0 Å². The molecule has 148 valence electrons. The van der Waals surface area contributed by atoms with Crippen LogP contribution in [0.5, 0.6) is 0 Å². The molecule has 0 aliphatic rings. The molecule has 0 bridgehead atoms. The molecule has 0 fully saturated rings. The predicted octanol–water partition coefficient (Wildman–Crippen LogP) is 4.27. The Balaban J connectivity index is 4.93. The van der Waals surface area contributed by atoms with Crippen LogP contribution in [0.25, 0.3) is 0 Å². The molecule has 0 aromatic heterocycles. The number of aliphatic hydroxyl groups is 1. The van der Waals surface area contributed by atoms with Crippen LogP contribution in [0.4, 0.5) is 0 Å². The number of aliphatic hydroxyl groups excluding tert-OH is 1. The zero-order chi connectivity index (χ0) is 19.0. The highest BCUT2D eigenvalue weighted by Crippen LogP contribution is 2.21. The predicted molar refractivity (Wildman–Crippen MR) is 104 cm³/mol. The summed E-state index contributed by atoms with van der Waals surface area (Å²) in [5.74, 6) is -0.277. The molecule has 1 atom stereocenters. The lowest BCUT2D eigenvalue weighted by atomic mass is 10.2. The van der Waals surface area contributed by atoms with E-state index in [-0.39, 0.29) is 5.78 Å². The Morgan fingerprint density at radius 2 is 1.40 bits per heavy atom. The first kappa shape index (κ1) is 24.5. The quantitative estimate of drug-likeness (QED) is 0.234. The molecule has 0 saturated carbocycles. The van der Waals surface area contributed by atoms with Gasteiger partial charge in [0.1, 0.15) is 6.10 Å². The van der Waals surface area contributed by atoms with Crippen LogP contribution < -0.4 is 0 Å². The van der Waals surface area contributed by atoms with E-state index in [1.807, 2.05) is 0 Å². The second-order valence-corrected chi connectivity index (χ2v) is 8.98. The number of carbonyl (C=O) groups excluding carboxylic acids is 1. The second-order valence-electron chi connectivity index (χ2n) is 6.25. The number of hydrogen-bond donors (Lipinski definition) is 1. The monoisotopic (exact) mass is 374 g/mol. The Kier molecular flexibility index (Phi) is 15.4. The summed E-state index contributed by atoms with van der Waals surface area (Å²) in [7, 11) is -2.88. The van der Waals surface area contributed by atoms with Crippen molar-refractivity contribution < 1.29 is 23.2 Å². The number of carbonyl (C=O) groups is 1. The Morgan fingerprint density at radius 3 is 1.76 bits per heavy atom. The minimum Gasteiger partial charge on any atom is -0.385 e. The molecule has 1 N–H and O–H groups in total. The molecular weight excluding hydrogens is 336 g/mol. The molecular formula is C19H38O5Si. The smallest absolute Gasteiger partial charge is 0.385 e. The van der Waals surface area contributed by atoms with Gasteiger partial charge in [0, 0.05) is 25.9 Å². The average molecular weight is 375 g/mol. The highest BCUT2D eigenvalue weighted by atomic mass is 28.4. The molecule has 1 unspecified atom stereocenters. The Bertz CT molecular complexity index is 333. The van der Waals surface area contributed by atoms with Crippen molar-refractivity contribution in [1.29, 1.82) is 0 Å². The van der Waals surface area contributed by atoms with Crippen molar-refractivity contribution in [2.75, 3.05) is 19.8 Å². The standard InChI is InChI=1S/C19H38O5Si/c1-5-9-14-22-25(23-15-10-6-2,24-16-11-7-3)17-13-19(21)18(20)12-8-4/h8,12,19,21H,5-7,9-11,13-17H2,1-4H3. The van der Waals surface area contributed by atoms with Gasteiger partial charge in [0.15, 0.2) is 5.78 Å². The van der Waals surface area contributed by atoms with Crippen LogP contribution in [0.1, 0.15) is 72.6 Å². The SMILES string of the molecule is CC=CC(=O)C(O)CC[Si](OCCCC)(OCCCC)OCCCC. The van der Waals surface area contributed by atoms with E-state index in [1.165, 1.54) is 6.08 Å². The van der Waals surface area contributed by atoms with E-state index >= 15 is 0 Å². The van der Waals surface area contributed by atoms with Crippen LogP contribution in [-0.2, 0) is 18.1 Å². The van der Waals surface area contributed by atoms with Crippen molar-refractivity contribution in [3.05, 3.63) is 12.2 Å². The third-order valence-corrected chi connectivity index (χ3v) is 6.68. The van der Waals surface area contributed by atoms with Crippen LogP contribution in [-0.4, -0.2) is 45.6 Å². The van der Waals surface area contributed by atoms with Crippen LogP contribution >= 0.6 is 0 Å². The molecule has 0 radical (unpaired) electrons. The molecule has 25 heavy (non-hydrogen) atoms. The summed E-state index contributed by atoms with van der Waals surface area (Å²) in [6.45, 7) is 9.89. The Hall–Kier alpha value is -0.533. The van der Waals surface area contributed by atoms with Gasteiger partial charge in [-0.3, -0.25) is 4.79 Å². The molecule has 0 saturated heterocycles. The van der Waals surface area contributed by atoms with Crippen LogP contribution in [0.3, 0.4) is 0 Å². The van der Waals surface area contributed by atoms with E-state index in [9.17, 15) is 9.90 Å². The number of ketones is 1. The van der Waals surface area contributed by atoms with E-state index in [4.69, 9.17) is 13.3 Å². The van der Waals surface area contributed by atoms with E-state index in [0.29, 0.717) is 32.3 Å². The third kappa shape index (κ3) is 11.7. The lowest BCUT2D eigenvalue weighted by Crippen LogP contribution is -2.47. The topological polar surface area (TPSA) is 65.0 Å². The first-order chi connectivity index (χ1) is 12.0. The van der Waals surface area contributed by atoms with Gasteiger partial charge in [-0.1, -0.05) is 46.1 Å². The van der Waals surface area contributed by atoms with Crippen LogP contribution in [0.15, 0.2) is 12.2 Å². The fraction of sp³-hybridized carbons (Fsp3) is 0.842. The van der Waals surface area contributed by atoms with Gasteiger partial charge >= 0.3 is 8.80 Å². The van der Waals surface area contributed by atoms with Crippen molar-refractivity contribution in [2.45, 2.75) is 84.8 Å². The molecule has 0 aliphatic carbocycles. The van der Waals surface area contributed by atoms with E-state index in [1.54, 1.807) is 13.0 Å². The summed E-state index contributed by atoms with van der Waals surface area (Å²) in [6, 6.07) is 0.467. The zero-order valence-electron chi connectivity index (χ0n) is 16.6. The molecule has 0 aliphatic heterocycles. The molecule has 5 nitrogen and oxygen atoms in total. The van der Waals surface area contributed by atoms with Crippen LogP contribution in [0, 0.1) is 0 Å². The number of allylic oxidation sites excluding steroid dienone is 1. The maximum atomic E-state index is 11.8. The Labute approximate surface area is 155 Å². The molecule has 0 rings (SSSR count). The lowest BCUT2D eigenvalue weighted by molar-refractivity contribution is -0.122. The fourth-order valence-electron chi connectivity index (χ4n) is 2.19.